The Morgan fingerprint density at radius 3 is 2.66 bits per heavy atom. The van der Waals surface area contributed by atoms with Crippen LogP contribution in [0.25, 0.3) is 11.1 Å². The van der Waals surface area contributed by atoms with Crippen LogP contribution in [0.4, 0.5) is 16.2 Å². The van der Waals surface area contributed by atoms with Gasteiger partial charge in [0.1, 0.15) is 4.75 Å². The van der Waals surface area contributed by atoms with Crippen LogP contribution in [0.3, 0.4) is 0 Å². The lowest BCUT2D eigenvalue weighted by Crippen LogP contribution is -2.41. The van der Waals surface area contributed by atoms with Crippen LogP contribution in [-0.2, 0) is 11.4 Å². The molecule has 0 aliphatic rings. The quantitative estimate of drug-likeness (QED) is 0.355. The van der Waals surface area contributed by atoms with Gasteiger partial charge in [0.25, 0.3) is 0 Å². The molecule has 29 heavy (non-hydrogen) atoms. The van der Waals surface area contributed by atoms with Crippen molar-refractivity contribution in [2.75, 3.05) is 17.7 Å². The fourth-order valence-electron chi connectivity index (χ4n) is 2.64. The van der Waals surface area contributed by atoms with Crippen LogP contribution in [0.1, 0.15) is 38.9 Å². The second-order valence-electron chi connectivity index (χ2n) is 7.66. The van der Waals surface area contributed by atoms with Crippen LogP contribution in [0.2, 0.25) is 0 Å². The number of nitrogens with one attached hydrogen (secondary N) is 1. The molecule has 0 radical (unpaired) electrons. The lowest BCUT2D eigenvalue weighted by Gasteiger charge is -2.27. The highest BCUT2D eigenvalue weighted by atomic mass is 32.2. The molecule has 0 saturated carbocycles. The van der Waals surface area contributed by atoms with E-state index in [0.29, 0.717) is 17.8 Å². The maximum atomic E-state index is 12.6. The molecule has 0 aliphatic carbocycles. The van der Waals surface area contributed by atoms with Gasteiger partial charge in [0, 0.05) is 41.5 Å². The average Bonchev–Trinajstić information content (AvgIpc) is 2.66. The summed E-state index contributed by atoms with van der Waals surface area (Å²) in [5.74, 6) is 0. The summed E-state index contributed by atoms with van der Waals surface area (Å²) in [6.07, 6.45) is 2.94. The molecule has 8 heteroatoms. The maximum absolute atomic E-state index is 12.6. The van der Waals surface area contributed by atoms with Gasteiger partial charge in [-0.1, -0.05) is 12.1 Å². The van der Waals surface area contributed by atoms with Gasteiger partial charge in [-0.25, -0.2) is 4.79 Å². The summed E-state index contributed by atoms with van der Waals surface area (Å²) in [4.78, 5) is 16.7. The van der Waals surface area contributed by atoms with E-state index in [9.17, 15) is 9.35 Å². The Kier molecular flexibility index (Phi) is 7.29. The molecule has 1 heterocycles. The number of amides is 1. The van der Waals surface area contributed by atoms with Crippen molar-refractivity contribution in [2.45, 2.75) is 38.0 Å². The smallest absolute Gasteiger partial charge is 0.411 e. The lowest BCUT2D eigenvalue weighted by molar-refractivity contribution is 0.203. The van der Waals surface area contributed by atoms with Gasteiger partial charge in [-0.3, -0.25) is 9.88 Å². The van der Waals surface area contributed by atoms with Gasteiger partial charge in [-0.15, -0.1) is 11.3 Å². The minimum absolute atomic E-state index is 0.258. The standard InChI is InChI=1S/C21H28N4O3S/c1-6-7-18(24-29(28)21(2,3)4)19-12-14(10-11-23-19)16-9-8-15(13-17(16)22)25(5)20(26)27/h6,8-13,18,24H,1,7,22H2,2-5H3,(H,26,27)/t18-,29-/m0/s1. The van der Waals surface area contributed by atoms with Crippen molar-refractivity contribution in [3.05, 3.63) is 54.9 Å². The van der Waals surface area contributed by atoms with Gasteiger partial charge >= 0.3 is 6.09 Å². The number of hydrogen-bond donors (Lipinski definition) is 3. The van der Waals surface area contributed by atoms with Crippen molar-refractivity contribution in [1.29, 1.82) is 0 Å². The van der Waals surface area contributed by atoms with Crippen LogP contribution in [0.15, 0.2) is 49.2 Å². The maximum Gasteiger partial charge on any atom is 0.411 e. The first kappa shape index (κ1) is 22.7. The van der Waals surface area contributed by atoms with E-state index in [2.05, 4.69) is 16.3 Å². The zero-order chi connectivity index (χ0) is 21.8. The highest BCUT2D eigenvalue weighted by Gasteiger charge is 2.30. The molecule has 0 aliphatic heterocycles. The Balaban J connectivity index is 2.36. The average molecular weight is 417 g/mol. The van der Waals surface area contributed by atoms with Crippen LogP contribution in [-0.4, -0.2) is 32.5 Å². The van der Waals surface area contributed by atoms with Crippen LogP contribution in [0, 0.1) is 0 Å². The van der Waals surface area contributed by atoms with Crippen molar-refractivity contribution < 1.29 is 14.5 Å². The number of carboxylic acid groups (broad SMARTS) is 1. The van der Waals surface area contributed by atoms with Crippen molar-refractivity contribution in [3.8, 4) is 11.1 Å². The van der Waals surface area contributed by atoms with Gasteiger partial charge in [0.2, 0.25) is 0 Å². The van der Waals surface area contributed by atoms with Crippen molar-refractivity contribution >= 4 is 28.8 Å². The number of carbonyl (C=O) groups is 1. The molecule has 0 unspecified atom stereocenters. The Hall–Kier alpha value is -2.55. The zero-order valence-electron chi connectivity index (χ0n) is 17.2. The molecular formula is C21H28N4O3S. The highest BCUT2D eigenvalue weighted by molar-refractivity contribution is 7.90. The molecule has 2 rings (SSSR count). The molecular weight excluding hydrogens is 388 g/mol. The van der Waals surface area contributed by atoms with E-state index in [1.807, 2.05) is 32.9 Å². The molecule has 0 bridgehead atoms. The Labute approximate surface area is 175 Å². The minimum atomic E-state index is -1.26. The first-order valence-corrected chi connectivity index (χ1v) is 10.3. The van der Waals surface area contributed by atoms with Crippen molar-refractivity contribution in [1.82, 2.24) is 9.71 Å². The fourth-order valence-corrected chi connectivity index (χ4v) is 3.47. The number of hydrogen-bond acceptors (Lipinski definition) is 5. The van der Waals surface area contributed by atoms with E-state index >= 15 is 0 Å². The predicted molar refractivity (Wildman–Crippen MR) is 119 cm³/mol. The molecule has 0 saturated heterocycles. The second kappa shape index (κ2) is 9.30. The normalized spacial score (nSPS) is 13.6. The van der Waals surface area contributed by atoms with Gasteiger partial charge in [-0.05, 0) is 57.0 Å². The minimum Gasteiger partial charge on any atom is -0.598 e. The van der Waals surface area contributed by atoms with Gasteiger partial charge in [-0.2, -0.15) is 0 Å². The Morgan fingerprint density at radius 1 is 1.41 bits per heavy atom. The van der Waals surface area contributed by atoms with Crippen molar-refractivity contribution in [2.24, 2.45) is 0 Å². The topological polar surface area (TPSA) is 115 Å². The first-order valence-electron chi connectivity index (χ1n) is 9.16. The van der Waals surface area contributed by atoms with Gasteiger partial charge < -0.3 is 15.4 Å². The van der Waals surface area contributed by atoms with Crippen molar-refractivity contribution in [3.63, 3.8) is 0 Å². The molecule has 2 aromatic rings. The Morgan fingerprint density at radius 2 is 2.10 bits per heavy atom. The van der Waals surface area contributed by atoms with E-state index in [-0.39, 0.29) is 6.04 Å². The summed E-state index contributed by atoms with van der Waals surface area (Å²) in [5.41, 5.74) is 9.48. The predicted octanol–water partition coefficient (Wildman–Crippen LogP) is 4.11. The Bertz CT molecular complexity index is 882. The number of anilines is 2. The summed E-state index contributed by atoms with van der Waals surface area (Å²) in [7, 11) is 1.46. The molecule has 156 valence electrons. The van der Waals surface area contributed by atoms with Crippen LogP contribution >= 0.6 is 0 Å². The number of aromatic nitrogens is 1. The van der Waals surface area contributed by atoms with Gasteiger partial charge in [0.15, 0.2) is 0 Å². The summed E-state index contributed by atoms with van der Waals surface area (Å²) < 4.78 is 15.3. The summed E-state index contributed by atoms with van der Waals surface area (Å²) in [6, 6.07) is 8.58. The molecule has 1 aromatic heterocycles. The van der Waals surface area contributed by atoms with E-state index in [4.69, 9.17) is 10.8 Å². The van der Waals surface area contributed by atoms with Crippen LogP contribution < -0.4 is 15.4 Å². The number of nitrogens with two attached hydrogens (primary N) is 1. The number of nitrogen functional groups attached to an aromatic ring is 1. The summed E-state index contributed by atoms with van der Waals surface area (Å²) in [6.45, 7) is 9.50. The molecule has 1 amide bonds. The summed E-state index contributed by atoms with van der Waals surface area (Å²) >= 11 is -1.26. The molecule has 0 fully saturated rings. The van der Waals surface area contributed by atoms with E-state index < -0.39 is 22.2 Å². The fraction of sp³-hybridized carbons (Fsp3) is 0.333. The third-order valence-electron chi connectivity index (χ3n) is 4.37. The number of benzene rings is 1. The first-order chi connectivity index (χ1) is 13.5. The molecule has 2 atom stereocenters. The zero-order valence-corrected chi connectivity index (χ0v) is 18.0. The molecule has 1 aromatic carbocycles. The molecule has 4 N–H and O–H groups in total. The third kappa shape index (κ3) is 5.72. The lowest BCUT2D eigenvalue weighted by atomic mass is 10.0. The van der Waals surface area contributed by atoms with E-state index in [1.165, 1.54) is 7.05 Å². The number of nitrogens with zero attached hydrogens (tertiary/aromatic N) is 2. The largest absolute Gasteiger partial charge is 0.598 e. The number of pyridine rings is 1. The van der Waals surface area contributed by atoms with E-state index in [1.54, 1.807) is 30.5 Å². The van der Waals surface area contributed by atoms with Gasteiger partial charge in [0.05, 0.1) is 11.7 Å². The number of rotatable bonds is 7. The second-order valence-corrected chi connectivity index (χ2v) is 9.66. The highest BCUT2D eigenvalue weighted by Crippen LogP contribution is 2.31. The third-order valence-corrected chi connectivity index (χ3v) is 5.98. The monoisotopic (exact) mass is 416 g/mol. The SMILES string of the molecule is C=CC[C@H](N[S@@+]([O-])C(C)(C)C)c1cc(-c2ccc(N(C)C(=O)O)cc2N)ccn1. The summed E-state index contributed by atoms with van der Waals surface area (Å²) in [5, 5.41) is 9.13. The molecule has 7 nitrogen and oxygen atoms in total. The van der Waals surface area contributed by atoms with E-state index in [0.717, 1.165) is 21.7 Å². The molecule has 0 spiro atoms. The van der Waals surface area contributed by atoms with Crippen LogP contribution in [0.5, 0.6) is 0 Å².